The second-order valence-corrected chi connectivity index (χ2v) is 13.3. The van der Waals surface area contributed by atoms with Crippen LogP contribution in [0.15, 0.2) is 24.3 Å². The van der Waals surface area contributed by atoms with Gasteiger partial charge in [0.1, 0.15) is 29.2 Å². The van der Waals surface area contributed by atoms with E-state index in [0.29, 0.717) is 52.2 Å². The number of nitrogens with zero attached hydrogens (tertiary/aromatic N) is 7. The number of aryl methyl sites for hydroxylation is 3. The number of benzene rings is 1. The molecule has 42 heavy (non-hydrogen) atoms. The molecule has 1 saturated heterocycles. The number of fused-ring (bicyclic) bond motifs is 1. The van der Waals surface area contributed by atoms with Gasteiger partial charge in [-0.3, -0.25) is 13.7 Å². The van der Waals surface area contributed by atoms with Crippen LogP contribution in [0.2, 0.25) is 0 Å². The number of pyridine rings is 1. The van der Waals surface area contributed by atoms with Gasteiger partial charge >= 0.3 is 0 Å². The molecule has 3 aromatic heterocycles. The first-order chi connectivity index (χ1) is 20.0. The Morgan fingerprint density at radius 1 is 1.10 bits per heavy atom. The molecule has 1 aliphatic carbocycles. The molecular weight excluding hydrogens is 556 g/mol. The molecule has 6 rings (SSSR count). The first-order valence-corrected chi connectivity index (χ1v) is 16.1. The van der Waals surface area contributed by atoms with Crippen LogP contribution in [-0.2, 0) is 33.0 Å². The smallest absolute Gasteiger partial charge is 0.232 e. The van der Waals surface area contributed by atoms with Crippen LogP contribution < -0.4 is 9.62 Å². The highest BCUT2D eigenvalue weighted by Crippen LogP contribution is 2.38. The minimum atomic E-state index is -3.60. The van der Waals surface area contributed by atoms with Crippen molar-refractivity contribution in [2.75, 3.05) is 29.5 Å². The van der Waals surface area contributed by atoms with Crippen LogP contribution in [0.3, 0.4) is 0 Å². The highest BCUT2D eigenvalue weighted by molar-refractivity contribution is 7.92. The van der Waals surface area contributed by atoms with Crippen LogP contribution in [0, 0.1) is 19.8 Å². The van der Waals surface area contributed by atoms with Gasteiger partial charge < -0.3 is 10.1 Å². The van der Waals surface area contributed by atoms with Crippen molar-refractivity contribution in [1.82, 2.24) is 29.3 Å². The van der Waals surface area contributed by atoms with E-state index in [1.807, 2.05) is 36.6 Å². The molecule has 1 unspecified atom stereocenters. The van der Waals surface area contributed by atoms with Gasteiger partial charge in [-0.05, 0) is 70.2 Å². The highest BCUT2D eigenvalue weighted by Gasteiger charge is 2.30. The summed E-state index contributed by atoms with van der Waals surface area (Å²) in [6.45, 7) is 4.41. The summed E-state index contributed by atoms with van der Waals surface area (Å²) in [6, 6.07) is 7.33. The zero-order valence-corrected chi connectivity index (χ0v) is 25.4. The molecule has 0 radical (unpaired) electrons. The maximum Gasteiger partial charge on any atom is 0.232 e. The van der Waals surface area contributed by atoms with Gasteiger partial charge in [-0.2, -0.15) is 5.10 Å². The van der Waals surface area contributed by atoms with E-state index < -0.39 is 10.0 Å². The number of carbonyl (C=O) groups is 1. The van der Waals surface area contributed by atoms with Crippen molar-refractivity contribution in [2.24, 2.45) is 13.0 Å². The third-order valence-corrected chi connectivity index (χ3v) is 9.13. The second-order valence-electron chi connectivity index (χ2n) is 11.3. The number of sulfonamides is 1. The van der Waals surface area contributed by atoms with E-state index >= 15 is 0 Å². The van der Waals surface area contributed by atoms with Crippen molar-refractivity contribution in [3.05, 3.63) is 41.6 Å². The number of hydrogen-bond acceptors (Lipinski definition) is 9. The van der Waals surface area contributed by atoms with Crippen LogP contribution in [0.5, 0.6) is 0 Å². The summed E-state index contributed by atoms with van der Waals surface area (Å²) >= 11 is 0. The molecule has 0 spiro atoms. The molecule has 222 valence electrons. The number of rotatable bonds is 9. The van der Waals surface area contributed by atoms with Gasteiger partial charge in [-0.1, -0.05) is 0 Å². The lowest BCUT2D eigenvalue weighted by atomic mass is 10.1. The van der Waals surface area contributed by atoms with Crippen LogP contribution >= 0.6 is 0 Å². The maximum absolute atomic E-state index is 12.8. The van der Waals surface area contributed by atoms with Gasteiger partial charge in [-0.15, -0.1) is 0 Å². The normalized spacial score (nSPS) is 17.5. The predicted molar refractivity (Wildman–Crippen MR) is 160 cm³/mol. The number of hydrogen-bond donors (Lipinski definition) is 1. The van der Waals surface area contributed by atoms with Crippen molar-refractivity contribution in [3.8, 4) is 11.4 Å². The summed E-state index contributed by atoms with van der Waals surface area (Å²) in [5.41, 5.74) is 4.27. The summed E-state index contributed by atoms with van der Waals surface area (Å²) in [4.78, 5) is 27.1. The number of imidazole rings is 1. The Bertz CT molecular complexity index is 1780. The number of ether oxygens (including phenoxy) is 1. The number of carbonyl (C=O) groups excluding carboxylic acids is 1. The molecular formula is C29H36N8O4S. The molecule has 1 aliphatic heterocycles. The summed E-state index contributed by atoms with van der Waals surface area (Å²) in [7, 11) is -0.287. The van der Waals surface area contributed by atoms with Crippen LogP contribution in [0.1, 0.15) is 55.7 Å². The van der Waals surface area contributed by atoms with E-state index in [1.165, 1.54) is 11.4 Å². The Balaban J connectivity index is 1.48. The average molecular weight is 593 g/mol. The molecule has 13 heteroatoms. The molecule has 1 N–H and O–H groups in total. The van der Waals surface area contributed by atoms with E-state index in [4.69, 9.17) is 14.7 Å². The van der Waals surface area contributed by atoms with E-state index in [9.17, 15) is 13.2 Å². The molecule has 4 heterocycles. The lowest BCUT2D eigenvalue weighted by Gasteiger charge is -2.25. The minimum Gasteiger partial charge on any atom is -0.358 e. The standard InChI is InChI=1S/C29H36N8O4S/c1-17-30-28(35(3)34-17)20-11-12-22(24(14-20)36(4)42(5,39)40)33-23-15-21(16-25(38)19-9-10-19)32-29-27(23)31-18(2)37(29)26-8-6-7-13-41-26/h11-12,14-15,19,26H,6-10,13,16H2,1-5H3,(H,32,33). The van der Waals surface area contributed by atoms with E-state index in [0.717, 1.165) is 49.7 Å². The van der Waals surface area contributed by atoms with Gasteiger partial charge in [0.2, 0.25) is 10.0 Å². The number of nitrogens with one attached hydrogen (secondary N) is 1. The fourth-order valence-corrected chi connectivity index (χ4v) is 6.04. The van der Waals surface area contributed by atoms with E-state index in [-0.39, 0.29) is 24.3 Å². The molecule has 1 atom stereocenters. The number of aromatic nitrogens is 6. The summed E-state index contributed by atoms with van der Waals surface area (Å²) in [6.07, 6.45) is 5.99. The van der Waals surface area contributed by atoms with E-state index in [1.54, 1.807) is 17.8 Å². The van der Waals surface area contributed by atoms with Gasteiger partial charge in [0.05, 0.1) is 29.0 Å². The molecule has 1 saturated carbocycles. The SMILES string of the molecule is Cc1nc(-c2ccc(Nc3cc(CC(=O)C4CC4)nc4c3nc(C)n4C3CCCCO3)c(N(C)S(C)(=O)=O)c2)n(C)n1. The Kier molecular flexibility index (Phi) is 7.26. The minimum absolute atomic E-state index is 0.110. The quantitative estimate of drug-likeness (QED) is 0.303. The Labute approximate surface area is 245 Å². The first kappa shape index (κ1) is 28.3. The van der Waals surface area contributed by atoms with Crippen LogP contribution in [0.25, 0.3) is 22.6 Å². The molecule has 2 aliphatic rings. The molecule has 12 nitrogen and oxygen atoms in total. The van der Waals surface area contributed by atoms with Crippen molar-refractivity contribution in [2.45, 2.75) is 58.6 Å². The van der Waals surface area contributed by atoms with Crippen molar-refractivity contribution in [3.63, 3.8) is 0 Å². The summed E-state index contributed by atoms with van der Waals surface area (Å²) in [5, 5.41) is 7.79. The summed E-state index contributed by atoms with van der Waals surface area (Å²) in [5.74, 6) is 2.30. The van der Waals surface area contributed by atoms with Gasteiger partial charge in [0, 0.05) is 38.6 Å². The van der Waals surface area contributed by atoms with E-state index in [2.05, 4.69) is 15.4 Å². The van der Waals surface area contributed by atoms with Crippen molar-refractivity contribution in [1.29, 1.82) is 0 Å². The fourth-order valence-electron chi connectivity index (χ4n) is 5.53. The molecule has 4 aromatic rings. The van der Waals surface area contributed by atoms with Gasteiger partial charge in [-0.25, -0.2) is 28.1 Å². The first-order valence-electron chi connectivity index (χ1n) is 14.3. The van der Waals surface area contributed by atoms with Crippen LogP contribution in [0.4, 0.5) is 17.1 Å². The Hall–Kier alpha value is -3.84. The number of Topliss-reactive ketones (excluding diaryl/α,β-unsaturated/α-hetero) is 1. The number of anilines is 3. The Morgan fingerprint density at radius 2 is 1.88 bits per heavy atom. The third kappa shape index (κ3) is 5.50. The third-order valence-electron chi connectivity index (χ3n) is 7.94. The molecule has 0 bridgehead atoms. The van der Waals surface area contributed by atoms with Crippen LogP contribution in [-0.4, -0.2) is 63.4 Å². The zero-order chi connectivity index (χ0) is 29.8. The molecule has 2 fully saturated rings. The number of ketones is 1. The lowest BCUT2D eigenvalue weighted by Crippen LogP contribution is -2.25. The van der Waals surface area contributed by atoms with Crippen molar-refractivity contribution < 1.29 is 17.9 Å². The average Bonchev–Trinajstić information content (AvgIpc) is 3.67. The van der Waals surface area contributed by atoms with Crippen molar-refractivity contribution >= 4 is 44.0 Å². The lowest BCUT2D eigenvalue weighted by molar-refractivity contribution is -0.119. The Morgan fingerprint density at radius 3 is 2.52 bits per heavy atom. The second kappa shape index (κ2) is 10.8. The summed E-state index contributed by atoms with van der Waals surface area (Å²) < 4.78 is 36.5. The molecule has 1 aromatic carbocycles. The van der Waals surface area contributed by atoms with Gasteiger partial charge in [0.15, 0.2) is 11.5 Å². The molecule has 0 amide bonds. The largest absolute Gasteiger partial charge is 0.358 e. The zero-order valence-electron chi connectivity index (χ0n) is 24.6. The maximum atomic E-state index is 12.8. The topological polar surface area (TPSA) is 137 Å². The van der Waals surface area contributed by atoms with Gasteiger partial charge in [0.25, 0.3) is 0 Å². The highest BCUT2D eigenvalue weighted by atomic mass is 32.2. The fraction of sp³-hybridized carbons (Fsp3) is 0.483. The monoisotopic (exact) mass is 592 g/mol. The predicted octanol–water partition coefficient (Wildman–Crippen LogP) is 4.20.